The summed E-state index contributed by atoms with van der Waals surface area (Å²) in [5.41, 5.74) is -0.205. The maximum Gasteiger partial charge on any atom is 0.117 e. The van der Waals surface area contributed by atoms with E-state index in [0.29, 0.717) is 13.0 Å². The number of likely N-dealkylation sites (N-methyl/N-ethyl adjacent to an activating group) is 1. The Hall–Kier alpha value is 0.827. The molecule has 0 heterocycles. The SMILES string of the molecule is CN=C([N-]C)C(C)(C)C.CN=[C-]C(C)(C)C.C[N-]C(=O)C(C)(C)C.C[N-]C(=O)CC(C)(C)C.C[N-]CC(=O)C(C)(C)C.[Rh].[Rh].[Rh].[Rh].[Rh]. The van der Waals surface area contributed by atoms with Crippen molar-refractivity contribution >= 4 is 29.6 Å². The van der Waals surface area contributed by atoms with Crippen molar-refractivity contribution in [1.82, 2.24) is 0 Å². The van der Waals surface area contributed by atoms with Crippen molar-refractivity contribution in [2.75, 3.05) is 48.8 Å². The van der Waals surface area contributed by atoms with Crippen LogP contribution in [0.4, 0.5) is 0 Å². The zero-order valence-corrected chi connectivity index (χ0v) is 41.2. The van der Waals surface area contributed by atoms with Crippen molar-refractivity contribution in [3.05, 3.63) is 21.3 Å². The molecule has 0 rings (SSSR count). The van der Waals surface area contributed by atoms with Crippen LogP contribution in [-0.4, -0.2) is 78.5 Å². The van der Waals surface area contributed by atoms with Crippen LogP contribution in [-0.2, 0) is 112 Å². The first kappa shape index (κ1) is 73.3. The molecule has 0 aromatic heterocycles. The Morgan fingerprint density at radius 1 is 0.574 bits per heavy atom. The summed E-state index contributed by atoms with van der Waals surface area (Å²) in [4.78, 5) is 40.1. The largest absolute Gasteiger partial charge is 0.659 e. The fraction of sp³-hybridized carbons (Fsp3) is 0.848. The van der Waals surface area contributed by atoms with Gasteiger partial charge in [0.15, 0.2) is 0 Å². The van der Waals surface area contributed by atoms with E-state index in [0.717, 1.165) is 5.84 Å². The fourth-order valence-electron chi connectivity index (χ4n) is 2.36. The fourth-order valence-corrected chi connectivity index (χ4v) is 2.36. The Kier molecular flexibility index (Phi) is 57.1. The van der Waals surface area contributed by atoms with Crippen LogP contribution in [0.25, 0.3) is 21.3 Å². The number of Topliss-reactive ketones (excluding diaryl/α,β-unsaturated/α-hetero) is 1. The van der Waals surface area contributed by atoms with Crippen LogP contribution >= 0.6 is 0 Å². The van der Waals surface area contributed by atoms with Crippen molar-refractivity contribution in [3.63, 3.8) is 0 Å². The molecule has 0 aliphatic heterocycles. The van der Waals surface area contributed by atoms with Gasteiger partial charge in [-0.25, -0.2) is 0 Å². The Bertz CT molecular complexity index is 806. The van der Waals surface area contributed by atoms with Gasteiger partial charge in [-0.15, -0.1) is 14.1 Å². The van der Waals surface area contributed by atoms with Crippen molar-refractivity contribution in [1.29, 1.82) is 0 Å². The summed E-state index contributed by atoms with van der Waals surface area (Å²) in [5, 5.41) is 14.8. The third kappa shape index (κ3) is 62.4. The molecule has 0 saturated carbocycles. The van der Waals surface area contributed by atoms with E-state index in [9.17, 15) is 14.4 Å². The third-order valence-electron chi connectivity index (χ3n) is 4.46. The molecule has 0 saturated heterocycles. The predicted molar refractivity (Wildman–Crippen MR) is 186 cm³/mol. The molecule has 0 N–H and O–H groups in total. The van der Waals surface area contributed by atoms with E-state index >= 15 is 0 Å². The molecule has 14 heteroatoms. The molecule has 0 aliphatic rings. The second kappa shape index (κ2) is 36.6. The van der Waals surface area contributed by atoms with Gasteiger partial charge in [0.1, 0.15) is 5.78 Å². The second-order valence-electron chi connectivity index (χ2n) is 14.9. The van der Waals surface area contributed by atoms with Gasteiger partial charge in [0.2, 0.25) is 0 Å². The molecular formula is C33H67N6O3Rh5-5. The van der Waals surface area contributed by atoms with Crippen LogP contribution in [0, 0.1) is 27.1 Å². The number of amides is 2. The van der Waals surface area contributed by atoms with Crippen LogP contribution in [0.1, 0.15) is 110 Å². The summed E-state index contributed by atoms with van der Waals surface area (Å²) < 4.78 is 0. The number of amidine groups is 1. The molecule has 0 atom stereocenters. The smallest absolute Gasteiger partial charge is 0.117 e. The summed E-state index contributed by atoms with van der Waals surface area (Å²) >= 11 is 0. The van der Waals surface area contributed by atoms with Crippen LogP contribution in [0.2, 0.25) is 0 Å². The predicted octanol–water partition coefficient (Wildman–Crippen LogP) is 8.78. The number of rotatable bonds is 3. The van der Waals surface area contributed by atoms with Gasteiger partial charge in [0.25, 0.3) is 0 Å². The van der Waals surface area contributed by atoms with E-state index in [4.69, 9.17) is 0 Å². The van der Waals surface area contributed by atoms with Crippen molar-refractivity contribution < 1.29 is 112 Å². The number of hydrogen-bond acceptors (Lipinski definition) is 5. The average molecular weight is 1110 g/mol. The zero-order chi connectivity index (χ0) is 35.2. The third-order valence-corrected chi connectivity index (χ3v) is 4.46. The Balaban J connectivity index is -0.0000000444. The van der Waals surface area contributed by atoms with Gasteiger partial charge in [-0.3, -0.25) is 0 Å². The zero-order valence-electron chi connectivity index (χ0n) is 33.0. The van der Waals surface area contributed by atoms with Crippen LogP contribution in [0.5, 0.6) is 0 Å². The second-order valence-corrected chi connectivity index (χ2v) is 14.9. The molecule has 0 fully saturated rings. The minimum atomic E-state index is -0.297. The molecule has 2 amide bonds. The molecular weight excluding hydrogens is 1040 g/mol. The van der Waals surface area contributed by atoms with Gasteiger partial charge in [-0.05, 0) is 24.3 Å². The van der Waals surface area contributed by atoms with Crippen molar-refractivity contribution in [2.45, 2.75) is 110 Å². The van der Waals surface area contributed by atoms with Gasteiger partial charge < -0.3 is 51.9 Å². The molecule has 5 radical (unpaired) electrons. The van der Waals surface area contributed by atoms with Gasteiger partial charge in [0.05, 0.1) is 11.8 Å². The maximum atomic E-state index is 11.0. The number of aliphatic imine (C=N–C) groups is 2. The van der Waals surface area contributed by atoms with Crippen LogP contribution in [0.3, 0.4) is 0 Å². The monoisotopic (exact) mass is 1110 g/mol. The van der Waals surface area contributed by atoms with Gasteiger partial charge in [0, 0.05) is 108 Å². The normalized spacial score (nSPS) is 10.8. The van der Waals surface area contributed by atoms with Crippen LogP contribution in [0.15, 0.2) is 9.98 Å². The molecule has 0 unspecified atom stereocenters. The molecule has 0 aromatic carbocycles. The van der Waals surface area contributed by atoms with Crippen molar-refractivity contribution in [2.24, 2.45) is 37.1 Å². The molecule has 0 aliphatic carbocycles. The van der Waals surface area contributed by atoms with Gasteiger partial charge in [-0.1, -0.05) is 130 Å². The minimum Gasteiger partial charge on any atom is -0.659 e. The summed E-state index contributed by atoms with van der Waals surface area (Å²) in [6.07, 6.45) is 3.45. The topological polar surface area (TPSA) is 132 Å². The first-order chi connectivity index (χ1) is 18.5. The van der Waals surface area contributed by atoms with E-state index in [2.05, 4.69) is 79.0 Å². The molecule has 297 valence electrons. The Morgan fingerprint density at radius 2 is 0.957 bits per heavy atom. The Labute approximate surface area is 355 Å². The number of nitrogens with zero attached hydrogens (tertiary/aromatic N) is 6. The maximum absolute atomic E-state index is 11.0. The van der Waals surface area contributed by atoms with Crippen molar-refractivity contribution in [3.8, 4) is 0 Å². The number of carbonyl (C=O) groups is 3. The standard InChI is InChI=1S/C7H15N2.C7H14NO.C7H15NO.C6H13NO.C6H12N.5Rh/c1-7(2,3)6(8-4)9-5;1-7(2,3)6(9)5-8-4;1-7(2,3)5-6(9)8-4;1-6(2,3)5(8)7-4;1-6(2,3)5-7-4;;;;;/h1-5H3;5H2,1-4H3;5H2,1-4H3,(H,8,9);1-4H3,(H,7,8);1-4H3;;;;;/q2*-1;;;-1;;;;;/p-2. The molecule has 0 spiro atoms. The summed E-state index contributed by atoms with van der Waals surface area (Å²) in [6.45, 7) is 30.2. The number of ketones is 1. The number of carbonyl (C=O) groups excluding carboxylic acids is 3. The molecule has 9 nitrogen and oxygen atoms in total. The molecule has 47 heavy (non-hydrogen) atoms. The summed E-state index contributed by atoms with van der Waals surface area (Å²) in [7, 11) is 10.00. The molecule has 0 aromatic rings. The quantitative estimate of drug-likeness (QED) is 0.121. The first-order valence-electron chi connectivity index (χ1n) is 14.3. The molecule has 0 bridgehead atoms. The minimum absolute atomic E-state index is 0. The van der Waals surface area contributed by atoms with E-state index in [1.165, 1.54) is 14.1 Å². The average Bonchev–Trinajstić information content (AvgIpc) is 2.77. The van der Waals surface area contributed by atoms with E-state index in [1.807, 2.05) is 62.3 Å². The summed E-state index contributed by atoms with van der Waals surface area (Å²) in [6, 6.07) is 0. The van der Waals surface area contributed by atoms with E-state index in [-0.39, 0.29) is 142 Å². The first-order valence-corrected chi connectivity index (χ1v) is 14.3. The Morgan fingerprint density at radius 3 is 1.00 bits per heavy atom. The summed E-state index contributed by atoms with van der Waals surface area (Å²) in [5.74, 6) is 1.06. The van der Waals surface area contributed by atoms with E-state index < -0.39 is 0 Å². The number of hydrogen-bond donors (Lipinski definition) is 0. The van der Waals surface area contributed by atoms with E-state index in [1.54, 1.807) is 28.2 Å². The van der Waals surface area contributed by atoms with Gasteiger partial charge in [-0.2, -0.15) is 12.5 Å². The van der Waals surface area contributed by atoms with Gasteiger partial charge >= 0.3 is 0 Å². The van der Waals surface area contributed by atoms with Crippen LogP contribution < -0.4 is 0 Å².